The topological polar surface area (TPSA) is 66.6 Å². The van der Waals surface area contributed by atoms with E-state index < -0.39 is 0 Å². The van der Waals surface area contributed by atoms with E-state index in [2.05, 4.69) is 86.5 Å². The van der Waals surface area contributed by atoms with E-state index in [9.17, 15) is 9.59 Å². The highest BCUT2D eigenvalue weighted by Gasteiger charge is 2.35. The monoisotopic (exact) mass is 503 g/mol. The van der Waals surface area contributed by atoms with Crippen LogP contribution >= 0.6 is 0 Å². The highest BCUT2D eigenvalue weighted by Crippen LogP contribution is 2.34. The van der Waals surface area contributed by atoms with Gasteiger partial charge in [-0.3, -0.25) is 14.5 Å². The molecule has 5 heteroatoms. The van der Waals surface area contributed by atoms with E-state index in [-0.39, 0.29) is 23.9 Å². The Hall–Kier alpha value is -2.92. The van der Waals surface area contributed by atoms with E-state index in [1.54, 1.807) is 0 Å². The molecule has 2 N–H and O–H groups in total. The number of rotatable bonds is 7. The average Bonchev–Trinajstić information content (AvgIpc) is 2.93. The summed E-state index contributed by atoms with van der Waals surface area (Å²) in [6, 6.07) is 18.6. The Morgan fingerprint density at radius 3 is 1.81 bits per heavy atom. The number of aryl methyl sites for hydroxylation is 2. The average molecular weight is 504 g/mol. The summed E-state index contributed by atoms with van der Waals surface area (Å²) in [4.78, 5) is 27.1. The maximum absolute atomic E-state index is 13.3. The molecular formula is C32H45N3O2. The summed E-state index contributed by atoms with van der Waals surface area (Å²) in [5, 5.41) is 0. The van der Waals surface area contributed by atoms with Crippen LogP contribution in [0.3, 0.4) is 0 Å². The summed E-state index contributed by atoms with van der Waals surface area (Å²) in [5.74, 6) is 0.417. The Balaban J connectivity index is 0.000000886. The molecule has 4 aliphatic carbocycles. The fraction of sp³-hybridized carbons (Fsp3) is 0.500. The molecule has 7 rings (SSSR count). The summed E-state index contributed by atoms with van der Waals surface area (Å²) >= 11 is 0. The number of nitrogens with two attached hydrogens (primary N) is 1. The number of piperazine rings is 1. The van der Waals surface area contributed by atoms with Crippen molar-refractivity contribution in [3.63, 3.8) is 0 Å². The van der Waals surface area contributed by atoms with Crippen LogP contribution in [0.2, 0.25) is 0 Å². The van der Waals surface area contributed by atoms with Crippen LogP contribution < -0.4 is 5.73 Å². The quantitative estimate of drug-likeness (QED) is 0.502. The molecule has 5 aliphatic rings. The van der Waals surface area contributed by atoms with E-state index in [4.69, 9.17) is 0 Å². The minimum atomic E-state index is -0.333. The molecule has 0 saturated carbocycles. The van der Waals surface area contributed by atoms with Gasteiger partial charge in [-0.25, -0.2) is 0 Å². The van der Waals surface area contributed by atoms with Crippen molar-refractivity contribution in [3.8, 4) is 0 Å². The lowest BCUT2D eigenvalue weighted by atomic mass is 9.92. The molecule has 2 amide bonds. The maximum atomic E-state index is 13.3. The number of hydrogen-bond donors (Lipinski definition) is 1. The van der Waals surface area contributed by atoms with E-state index in [0.29, 0.717) is 12.3 Å². The lowest BCUT2D eigenvalue weighted by Crippen LogP contribution is -2.53. The largest absolute Gasteiger partial charge is 0.370 e. The highest BCUT2D eigenvalue weighted by atomic mass is 16.2. The second kappa shape index (κ2) is 13.6. The van der Waals surface area contributed by atoms with Crippen molar-refractivity contribution >= 4 is 11.8 Å². The summed E-state index contributed by atoms with van der Waals surface area (Å²) in [6.45, 7) is 13.9. The second-order valence-corrected chi connectivity index (χ2v) is 10.8. The molecule has 5 nitrogen and oxygen atoms in total. The SMILES string of the molecule is C=C1CN(C2c3ccc(cc3)CCc3ccc2cc3)CC(C)N1C(=O)CC(CCC)CCC.CC(N)=O. The van der Waals surface area contributed by atoms with Crippen LogP contribution in [0.15, 0.2) is 60.8 Å². The first-order valence-electron chi connectivity index (χ1n) is 13.9. The summed E-state index contributed by atoms with van der Waals surface area (Å²) < 4.78 is 0. The molecular weight excluding hydrogens is 458 g/mol. The van der Waals surface area contributed by atoms with E-state index in [1.807, 2.05) is 4.90 Å². The number of benzene rings is 2. The predicted molar refractivity (Wildman–Crippen MR) is 152 cm³/mol. The Bertz CT molecular complexity index is 987. The fourth-order valence-corrected chi connectivity index (χ4v) is 5.87. The van der Waals surface area contributed by atoms with Crippen LogP contribution in [-0.4, -0.2) is 40.7 Å². The predicted octanol–water partition coefficient (Wildman–Crippen LogP) is 6.02. The minimum Gasteiger partial charge on any atom is -0.370 e. The summed E-state index contributed by atoms with van der Waals surface area (Å²) in [5.41, 5.74) is 10.8. The third-order valence-electron chi connectivity index (χ3n) is 7.45. The number of carbonyl (C=O) groups is 2. The van der Waals surface area contributed by atoms with Crippen LogP contribution in [0.4, 0.5) is 0 Å². The molecule has 0 radical (unpaired) electrons. The Kier molecular flexibility index (Phi) is 10.5. The molecule has 1 aliphatic heterocycles. The molecule has 4 bridgehead atoms. The molecule has 37 heavy (non-hydrogen) atoms. The van der Waals surface area contributed by atoms with Crippen molar-refractivity contribution in [1.82, 2.24) is 9.80 Å². The molecule has 200 valence electrons. The van der Waals surface area contributed by atoms with Gasteiger partial charge in [0.05, 0.1) is 6.04 Å². The fourth-order valence-electron chi connectivity index (χ4n) is 5.87. The zero-order valence-corrected chi connectivity index (χ0v) is 23.2. The Morgan fingerprint density at radius 2 is 1.41 bits per heavy atom. The van der Waals surface area contributed by atoms with Gasteiger partial charge in [0.15, 0.2) is 0 Å². The van der Waals surface area contributed by atoms with E-state index in [0.717, 1.165) is 57.3 Å². The van der Waals surface area contributed by atoms with Crippen LogP contribution in [0.25, 0.3) is 0 Å². The third-order valence-corrected chi connectivity index (χ3v) is 7.45. The standard InChI is InChI=1S/C30H40N2O.C2H5NO/c1-5-7-26(8-6-2)19-29(33)32-22(3)20-31(21-23(32)4)30-27-15-11-24(12-16-27)9-10-25-13-17-28(30)18-14-25;1-2(3)4/h11-18,23,26,30H,3,5-10,19-21H2,1-2,4H3;1H3,(H2,3,4). The molecule has 1 atom stereocenters. The van der Waals surface area contributed by atoms with Gasteiger partial charge in [0, 0.05) is 38.2 Å². The first-order valence-corrected chi connectivity index (χ1v) is 13.9. The van der Waals surface area contributed by atoms with Gasteiger partial charge in [0.25, 0.3) is 0 Å². The molecule has 1 fully saturated rings. The molecule has 2 aromatic carbocycles. The van der Waals surface area contributed by atoms with Gasteiger partial charge in [-0.05, 0) is 47.9 Å². The van der Waals surface area contributed by atoms with Gasteiger partial charge < -0.3 is 10.6 Å². The van der Waals surface area contributed by atoms with Crippen molar-refractivity contribution in [2.75, 3.05) is 13.1 Å². The molecule has 1 heterocycles. The maximum Gasteiger partial charge on any atom is 0.227 e. The lowest BCUT2D eigenvalue weighted by molar-refractivity contribution is -0.134. The van der Waals surface area contributed by atoms with E-state index >= 15 is 0 Å². The second-order valence-electron chi connectivity index (χ2n) is 10.8. The van der Waals surface area contributed by atoms with Crippen LogP contribution in [0.5, 0.6) is 0 Å². The van der Waals surface area contributed by atoms with Crippen LogP contribution in [0, 0.1) is 5.92 Å². The number of hydrogen-bond acceptors (Lipinski definition) is 3. The molecule has 2 aromatic rings. The highest BCUT2D eigenvalue weighted by molar-refractivity contribution is 5.79. The third kappa shape index (κ3) is 7.78. The number of primary amides is 1. The van der Waals surface area contributed by atoms with Crippen LogP contribution in [-0.2, 0) is 22.4 Å². The molecule has 1 unspecified atom stereocenters. The first-order chi connectivity index (χ1) is 17.7. The van der Waals surface area contributed by atoms with Gasteiger partial charge >= 0.3 is 0 Å². The summed E-state index contributed by atoms with van der Waals surface area (Å²) in [7, 11) is 0. The molecule has 1 saturated heterocycles. The van der Waals surface area contributed by atoms with Crippen molar-refractivity contribution in [3.05, 3.63) is 83.1 Å². The number of nitrogens with zero attached hydrogens (tertiary/aromatic N) is 2. The Morgan fingerprint density at radius 1 is 0.946 bits per heavy atom. The zero-order chi connectivity index (χ0) is 26.9. The van der Waals surface area contributed by atoms with Crippen molar-refractivity contribution in [2.45, 2.75) is 84.7 Å². The van der Waals surface area contributed by atoms with Gasteiger partial charge in [0.1, 0.15) is 0 Å². The normalized spacial score (nSPS) is 17.9. The van der Waals surface area contributed by atoms with Crippen molar-refractivity contribution < 1.29 is 9.59 Å². The van der Waals surface area contributed by atoms with Gasteiger partial charge in [0.2, 0.25) is 11.8 Å². The smallest absolute Gasteiger partial charge is 0.227 e. The van der Waals surface area contributed by atoms with Gasteiger partial charge in [-0.2, -0.15) is 0 Å². The van der Waals surface area contributed by atoms with Crippen molar-refractivity contribution in [1.29, 1.82) is 0 Å². The molecule has 0 aromatic heterocycles. The van der Waals surface area contributed by atoms with Gasteiger partial charge in [-0.15, -0.1) is 0 Å². The molecule has 0 spiro atoms. The minimum absolute atomic E-state index is 0.124. The zero-order valence-electron chi connectivity index (χ0n) is 23.2. The lowest BCUT2D eigenvalue weighted by Gasteiger charge is -2.45. The van der Waals surface area contributed by atoms with Gasteiger partial charge in [-0.1, -0.05) is 94.6 Å². The first kappa shape index (κ1) is 28.6. The van der Waals surface area contributed by atoms with Crippen LogP contribution in [0.1, 0.15) is 88.1 Å². The Labute approximate surface area is 223 Å². The summed E-state index contributed by atoms with van der Waals surface area (Å²) in [6.07, 6.45) is 7.36. The van der Waals surface area contributed by atoms with E-state index in [1.165, 1.54) is 29.2 Å². The number of carbonyl (C=O) groups excluding carboxylic acids is 2. The number of amides is 2. The van der Waals surface area contributed by atoms with Crippen molar-refractivity contribution in [2.24, 2.45) is 11.7 Å².